The average molecular weight is 510 g/mol. The number of carboxylic acids is 1. The summed E-state index contributed by atoms with van der Waals surface area (Å²) in [5.41, 5.74) is 3.09. The Labute approximate surface area is 220 Å². The maximum absolute atomic E-state index is 12.8. The molecule has 4 aromatic rings. The normalized spacial score (nSPS) is 13.6. The van der Waals surface area contributed by atoms with Gasteiger partial charge >= 0.3 is 5.97 Å². The predicted molar refractivity (Wildman–Crippen MR) is 143 cm³/mol. The molecule has 0 atom stereocenters. The fraction of sp³-hybridized carbons (Fsp3) is 0.207. The van der Waals surface area contributed by atoms with Gasteiger partial charge in [-0.05, 0) is 66.8 Å². The van der Waals surface area contributed by atoms with Gasteiger partial charge in [-0.3, -0.25) is 4.79 Å². The van der Waals surface area contributed by atoms with Crippen LogP contribution in [0.5, 0.6) is 5.75 Å². The number of carbonyl (C=O) groups is 2. The number of hydrogen-bond donors (Lipinski definition) is 2. The topological polar surface area (TPSA) is 118 Å². The summed E-state index contributed by atoms with van der Waals surface area (Å²) in [7, 11) is 0. The van der Waals surface area contributed by atoms with Gasteiger partial charge in [0.05, 0.1) is 24.1 Å². The van der Waals surface area contributed by atoms with E-state index in [0.717, 1.165) is 42.9 Å². The van der Waals surface area contributed by atoms with Crippen LogP contribution in [-0.4, -0.2) is 51.6 Å². The molecule has 1 saturated heterocycles. The third-order valence-corrected chi connectivity index (χ3v) is 6.53. The van der Waals surface area contributed by atoms with Crippen molar-refractivity contribution in [1.82, 2.24) is 15.0 Å². The Hall–Kier alpha value is -4.79. The lowest BCUT2D eigenvalue weighted by atomic mass is 9.98. The molecule has 2 aromatic carbocycles. The molecule has 9 nitrogen and oxygen atoms in total. The lowest BCUT2D eigenvalue weighted by Gasteiger charge is -2.32. The van der Waals surface area contributed by atoms with Crippen molar-refractivity contribution in [3.8, 4) is 16.9 Å². The summed E-state index contributed by atoms with van der Waals surface area (Å²) in [6.45, 7) is 2.24. The van der Waals surface area contributed by atoms with Gasteiger partial charge in [-0.25, -0.2) is 19.7 Å². The van der Waals surface area contributed by atoms with Gasteiger partial charge in [0.1, 0.15) is 17.9 Å². The summed E-state index contributed by atoms with van der Waals surface area (Å²) >= 11 is 0. The van der Waals surface area contributed by atoms with E-state index in [4.69, 9.17) is 9.84 Å². The molecular weight excluding hydrogens is 482 g/mol. The fourth-order valence-corrected chi connectivity index (χ4v) is 4.40. The van der Waals surface area contributed by atoms with Crippen LogP contribution >= 0.6 is 0 Å². The number of anilines is 2. The van der Waals surface area contributed by atoms with Gasteiger partial charge in [0.15, 0.2) is 0 Å². The second-order valence-corrected chi connectivity index (χ2v) is 9.14. The number of amides is 1. The van der Waals surface area contributed by atoms with Crippen LogP contribution in [0.4, 0.5) is 11.5 Å². The molecule has 0 aliphatic carbocycles. The largest absolute Gasteiger partial charge is 0.493 e. The highest BCUT2D eigenvalue weighted by Crippen LogP contribution is 2.25. The van der Waals surface area contributed by atoms with E-state index in [-0.39, 0.29) is 11.5 Å². The lowest BCUT2D eigenvalue weighted by molar-refractivity contribution is 0.0696. The molecule has 1 aliphatic heterocycles. The SMILES string of the molecule is O=C(O)c1cccc(OCC2CCN(c3ccc(NC(=O)c4cccc(-c5cncnc5)c4)cn3)CC2)c1. The van der Waals surface area contributed by atoms with Crippen molar-refractivity contribution < 1.29 is 19.4 Å². The molecule has 2 aromatic heterocycles. The highest BCUT2D eigenvalue weighted by molar-refractivity contribution is 6.04. The van der Waals surface area contributed by atoms with E-state index >= 15 is 0 Å². The van der Waals surface area contributed by atoms with Gasteiger partial charge in [-0.2, -0.15) is 0 Å². The summed E-state index contributed by atoms with van der Waals surface area (Å²) in [6.07, 6.45) is 8.46. The summed E-state index contributed by atoms with van der Waals surface area (Å²) < 4.78 is 5.86. The maximum Gasteiger partial charge on any atom is 0.335 e. The third kappa shape index (κ3) is 6.12. The lowest BCUT2D eigenvalue weighted by Crippen LogP contribution is -2.36. The van der Waals surface area contributed by atoms with Gasteiger partial charge in [-0.15, -0.1) is 0 Å². The van der Waals surface area contributed by atoms with Crippen LogP contribution in [-0.2, 0) is 0 Å². The highest BCUT2D eigenvalue weighted by atomic mass is 16.5. The molecular formula is C29H27N5O4. The minimum atomic E-state index is -0.963. The highest BCUT2D eigenvalue weighted by Gasteiger charge is 2.21. The first-order valence-corrected chi connectivity index (χ1v) is 12.4. The molecule has 0 unspecified atom stereocenters. The summed E-state index contributed by atoms with van der Waals surface area (Å²) in [6, 6.07) is 17.7. The van der Waals surface area contributed by atoms with Crippen LogP contribution in [0, 0.1) is 5.92 Å². The number of pyridine rings is 1. The minimum Gasteiger partial charge on any atom is -0.493 e. The van der Waals surface area contributed by atoms with Crippen LogP contribution < -0.4 is 15.0 Å². The number of hydrogen-bond acceptors (Lipinski definition) is 7. The Morgan fingerprint density at radius 3 is 2.42 bits per heavy atom. The number of nitrogens with zero attached hydrogens (tertiary/aromatic N) is 4. The van der Waals surface area contributed by atoms with E-state index < -0.39 is 5.97 Å². The van der Waals surface area contributed by atoms with Crippen LogP contribution in [0.3, 0.4) is 0 Å². The molecule has 0 spiro atoms. The van der Waals surface area contributed by atoms with E-state index in [1.807, 2.05) is 30.3 Å². The zero-order valence-corrected chi connectivity index (χ0v) is 20.7. The number of benzene rings is 2. The number of aromatic carboxylic acids is 1. The molecule has 0 radical (unpaired) electrons. The van der Waals surface area contributed by atoms with Crippen molar-refractivity contribution in [2.45, 2.75) is 12.8 Å². The van der Waals surface area contributed by atoms with E-state index in [1.54, 1.807) is 48.9 Å². The Morgan fingerprint density at radius 1 is 0.921 bits per heavy atom. The summed E-state index contributed by atoms with van der Waals surface area (Å²) in [5.74, 6) is 0.647. The van der Waals surface area contributed by atoms with Gasteiger partial charge < -0.3 is 20.1 Å². The van der Waals surface area contributed by atoms with Gasteiger partial charge in [-0.1, -0.05) is 18.2 Å². The third-order valence-electron chi connectivity index (χ3n) is 6.53. The number of piperidine rings is 1. The van der Waals surface area contributed by atoms with Crippen molar-refractivity contribution in [2.75, 3.05) is 29.9 Å². The van der Waals surface area contributed by atoms with Crippen LogP contribution in [0.25, 0.3) is 11.1 Å². The quantitative estimate of drug-likeness (QED) is 0.348. The number of aromatic nitrogens is 3. The van der Waals surface area contributed by atoms with Crippen LogP contribution in [0.15, 0.2) is 85.6 Å². The second-order valence-electron chi connectivity index (χ2n) is 9.14. The van der Waals surface area contributed by atoms with Crippen molar-refractivity contribution >= 4 is 23.4 Å². The Morgan fingerprint density at radius 2 is 1.68 bits per heavy atom. The number of carboxylic acid groups (broad SMARTS) is 1. The molecule has 192 valence electrons. The maximum atomic E-state index is 12.8. The molecule has 9 heteroatoms. The van der Waals surface area contributed by atoms with Gasteiger partial charge in [0.2, 0.25) is 0 Å². The van der Waals surface area contributed by atoms with Crippen molar-refractivity contribution in [3.05, 3.63) is 96.7 Å². The summed E-state index contributed by atoms with van der Waals surface area (Å²) in [4.78, 5) is 38.8. The van der Waals surface area contributed by atoms with Crippen LogP contribution in [0.1, 0.15) is 33.6 Å². The van der Waals surface area contributed by atoms with Crippen molar-refractivity contribution in [2.24, 2.45) is 5.92 Å². The first-order chi connectivity index (χ1) is 18.5. The Bertz CT molecular complexity index is 1400. The predicted octanol–water partition coefficient (Wildman–Crippen LogP) is 4.78. The van der Waals surface area contributed by atoms with Crippen LogP contribution in [0.2, 0.25) is 0 Å². The number of carbonyl (C=O) groups excluding carboxylic acids is 1. The average Bonchev–Trinajstić information content (AvgIpc) is 2.97. The van der Waals surface area contributed by atoms with E-state index in [2.05, 4.69) is 25.2 Å². The molecule has 1 aliphatic rings. The molecule has 2 N–H and O–H groups in total. The van der Waals surface area contributed by atoms with E-state index in [0.29, 0.717) is 29.5 Å². The number of rotatable bonds is 8. The molecule has 0 bridgehead atoms. The molecule has 38 heavy (non-hydrogen) atoms. The fourth-order valence-electron chi connectivity index (χ4n) is 4.40. The number of nitrogens with one attached hydrogen (secondary N) is 1. The second kappa shape index (κ2) is 11.5. The minimum absolute atomic E-state index is 0.215. The van der Waals surface area contributed by atoms with E-state index in [9.17, 15) is 9.59 Å². The summed E-state index contributed by atoms with van der Waals surface area (Å²) in [5, 5.41) is 12.0. The Kier molecular flexibility index (Phi) is 7.54. The van der Waals surface area contributed by atoms with Gasteiger partial charge in [0, 0.05) is 36.6 Å². The smallest absolute Gasteiger partial charge is 0.335 e. The molecule has 1 amide bonds. The monoisotopic (exact) mass is 509 g/mol. The first-order valence-electron chi connectivity index (χ1n) is 12.4. The van der Waals surface area contributed by atoms with Crippen molar-refractivity contribution in [1.29, 1.82) is 0 Å². The zero-order chi connectivity index (χ0) is 26.3. The van der Waals surface area contributed by atoms with Gasteiger partial charge in [0.25, 0.3) is 5.91 Å². The molecule has 0 saturated carbocycles. The first kappa shape index (κ1) is 24.9. The zero-order valence-electron chi connectivity index (χ0n) is 20.7. The molecule has 5 rings (SSSR count). The van der Waals surface area contributed by atoms with Crippen molar-refractivity contribution in [3.63, 3.8) is 0 Å². The Balaban J connectivity index is 1.12. The molecule has 3 heterocycles. The standard InChI is InChI=1S/C29H27N5O4/c35-28(22-4-1-3-21(13-22)24-15-30-19-31-16-24)33-25-7-8-27(32-17-25)34-11-9-20(10-12-34)18-38-26-6-2-5-23(14-26)29(36)37/h1-8,13-17,19-20H,9-12,18H2,(H,33,35)(H,36,37). The number of ether oxygens (including phenoxy) is 1. The van der Waals surface area contributed by atoms with E-state index in [1.165, 1.54) is 6.33 Å². The molecule has 1 fully saturated rings.